The van der Waals surface area contributed by atoms with Crippen molar-refractivity contribution < 1.29 is 0 Å². The van der Waals surface area contributed by atoms with Crippen molar-refractivity contribution in [3.8, 4) is 6.07 Å². The number of rotatable bonds is 0. The molecule has 2 aromatic rings. The molecule has 0 amide bonds. The first kappa shape index (κ1) is 8.45. The van der Waals surface area contributed by atoms with Crippen LogP contribution in [-0.2, 0) is 0 Å². The van der Waals surface area contributed by atoms with Gasteiger partial charge < -0.3 is 0 Å². The van der Waals surface area contributed by atoms with E-state index in [0.29, 0.717) is 5.56 Å². The standard InChI is InChI=1S/C10H5IN2/c11-9-3-4-13-10-2-1-7(6-12)5-8(9)10/h1-5H. The van der Waals surface area contributed by atoms with Crippen LogP contribution in [0.15, 0.2) is 30.5 Å². The molecule has 0 radical (unpaired) electrons. The summed E-state index contributed by atoms with van der Waals surface area (Å²) in [6, 6.07) is 9.57. The molecule has 0 bridgehead atoms. The van der Waals surface area contributed by atoms with Gasteiger partial charge >= 0.3 is 0 Å². The van der Waals surface area contributed by atoms with Crippen LogP contribution in [0.3, 0.4) is 0 Å². The third kappa shape index (κ3) is 1.49. The van der Waals surface area contributed by atoms with Crippen LogP contribution in [0.5, 0.6) is 0 Å². The minimum atomic E-state index is 0.679. The number of nitrogens with zero attached hydrogens (tertiary/aromatic N) is 2. The van der Waals surface area contributed by atoms with E-state index < -0.39 is 0 Å². The maximum absolute atomic E-state index is 8.72. The molecular formula is C10H5IN2. The van der Waals surface area contributed by atoms with Crippen molar-refractivity contribution in [2.45, 2.75) is 0 Å². The van der Waals surface area contributed by atoms with Crippen LogP contribution in [0.25, 0.3) is 10.9 Å². The summed E-state index contributed by atoms with van der Waals surface area (Å²) < 4.78 is 1.12. The van der Waals surface area contributed by atoms with E-state index in [0.717, 1.165) is 14.5 Å². The Labute approximate surface area is 89.4 Å². The first-order valence-corrected chi connectivity index (χ1v) is 4.83. The van der Waals surface area contributed by atoms with Crippen molar-refractivity contribution in [3.63, 3.8) is 0 Å². The number of benzene rings is 1. The topological polar surface area (TPSA) is 36.7 Å². The van der Waals surface area contributed by atoms with Gasteiger partial charge in [-0.3, -0.25) is 4.98 Å². The van der Waals surface area contributed by atoms with Gasteiger partial charge in [0.2, 0.25) is 0 Å². The first-order chi connectivity index (χ1) is 6.31. The van der Waals surface area contributed by atoms with E-state index >= 15 is 0 Å². The van der Waals surface area contributed by atoms with Crippen molar-refractivity contribution in [1.29, 1.82) is 5.26 Å². The van der Waals surface area contributed by atoms with Gasteiger partial charge in [-0.05, 0) is 46.9 Å². The van der Waals surface area contributed by atoms with Crippen LogP contribution in [-0.4, -0.2) is 4.98 Å². The fraction of sp³-hybridized carbons (Fsp3) is 0. The Kier molecular flexibility index (Phi) is 2.15. The quantitative estimate of drug-likeness (QED) is 0.696. The SMILES string of the molecule is N#Cc1ccc2nccc(I)c2c1. The number of hydrogen-bond acceptors (Lipinski definition) is 2. The van der Waals surface area contributed by atoms with E-state index in [1.54, 1.807) is 12.3 Å². The summed E-state index contributed by atoms with van der Waals surface area (Å²) in [5.74, 6) is 0. The molecule has 2 rings (SSSR count). The van der Waals surface area contributed by atoms with Crippen LogP contribution < -0.4 is 0 Å². The van der Waals surface area contributed by atoms with Crippen LogP contribution >= 0.6 is 22.6 Å². The lowest BCUT2D eigenvalue weighted by Crippen LogP contribution is -1.83. The highest BCUT2D eigenvalue weighted by atomic mass is 127. The molecule has 0 fully saturated rings. The summed E-state index contributed by atoms with van der Waals surface area (Å²) in [7, 11) is 0. The molecule has 0 N–H and O–H groups in total. The normalized spacial score (nSPS) is 9.85. The fourth-order valence-electron chi connectivity index (χ4n) is 1.18. The Bertz CT molecular complexity index is 500. The summed E-state index contributed by atoms with van der Waals surface area (Å²) in [6.07, 6.45) is 1.77. The molecule has 62 valence electrons. The van der Waals surface area contributed by atoms with Gasteiger partial charge in [-0.15, -0.1) is 0 Å². The second kappa shape index (κ2) is 3.30. The molecule has 0 atom stereocenters. The van der Waals surface area contributed by atoms with Gasteiger partial charge in [-0.2, -0.15) is 5.26 Å². The lowest BCUT2D eigenvalue weighted by molar-refractivity contribution is 1.39. The molecule has 1 heterocycles. The number of aromatic nitrogens is 1. The van der Waals surface area contributed by atoms with Crippen molar-refractivity contribution in [1.82, 2.24) is 4.98 Å². The van der Waals surface area contributed by atoms with Gasteiger partial charge in [0.1, 0.15) is 0 Å². The third-order valence-corrected chi connectivity index (χ3v) is 2.76. The second-order valence-corrected chi connectivity index (χ2v) is 3.80. The number of hydrogen-bond donors (Lipinski definition) is 0. The van der Waals surface area contributed by atoms with Crippen molar-refractivity contribution >= 4 is 33.5 Å². The van der Waals surface area contributed by atoms with Gasteiger partial charge in [0.15, 0.2) is 0 Å². The number of halogens is 1. The minimum Gasteiger partial charge on any atom is -0.256 e. The van der Waals surface area contributed by atoms with E-state index in [1.807, 2.05) is 18.2 Å². The van der Waals surface area contributed by atoms with E-state index in [9.17, 15) is 0 Å². The van der Waals surface area contributed by atoms with E-state index in [1.165, 1.54) is 0 Å². The molecule has 0 saturated heterocycles. The molecular weight excluding hydrogens is 275 g/mol. The summed E-state index contributed by atoms with van der Waals surface area (Å²) in [5.41, 5.74) is 1.62. The molecule has 1 aromatic heterocycles. The monoisotopic (exact) mass is 280 g/mol. The van der Waals surface area contributed by atoms with Gasteiger partial charge in [-0.25, -0.2) is 0 Å². The van der Waals surface area contributed by atoms with E-state index in [2.05, 4.69) is 33.6 Å². The molecule has 2 nitrogen and oxygen atoms in total. The molecule has 0 aliphatic heterocycles. The van der Waals surface area contributed by atoms with Crippen molar-refractivity contribution in [2.75, 3.05) is 0 Å². The smallest absolute Gasteiger partial charge is 0.0991 e. The maximum Gasteiger partial charge on any atom is 0.0991 e. The van der Waals surface area contributed by atoms with Crippen LogP contribution in [0, 0.1) is 14.9 Å². The molecule has 13 heavy (non-hydrogen) atoms. The van der Waals surface area contributed by atoms with Crippen molar-refractivity contribution in [2.24, 2.45) is 0 Å². The predicted octanol–water partition coefficient (Wildman–Crippen LogP) is 2.71. The van der Waals surface area contributed by atoms with Crippen LogP contribution in [0.2, 0.25) is 0 Å². The Morgan fingerprint density at radius 1 is 1.31 bits per heavy atom. The fourth-order valence-corrected chi connectivity index (χ4v) is 1.78. The van der Waals surface area contributed by atoms with Gasteiger partial charge in [0.05, 0.1) is 17.1 Å². The van der Waals surface area contributed by atoms with Crippen LogP contribution in [0.4, 0.5) is 0 Å². The predicted molar refractivity (Wildman–Crippen MR) is 59.2 cm³/mol. The molecule has 0 spiro atoms. The van der Waals surface area contributed by atoms with Crippen molar-refractivity contribution in [3.05, 3.63) is 39.6 Å². The zero-order valence-corrected chi connectivity index (χ0v) is 8.82. The molecule has 3 heteroatoms. The molecule has 0 unspecified atom stereocenters. The number of nitriles is 1. The molecule has 0 aliphatic carbocycles. The lowest BCUT2D eigenvalue weighted by atomic mass is 10.1. The Balaban J connectivity index is 2.84. The summed E-state index contributed by atoms with van der Waals surface area (Å²) >= 11 is 2.24. The zero-order valence-electron chi connectivity index (χ0n) is 6.66. The van der Waals surface area contributed by atoms with Gasteiger partial charge in [0.25, 0.3) is 0 Å². The van der Waals surface area contributed by atoms with E-state index in [4.69, 9.17) is 5.26 Å². The second-order valence-electron chi connectivity index (χ2n) is 2.64. The highest BCUT2D eigenvalue weighted by molar-refractivity contribution is 14.1. The van der Waals surface area contributed by atoms with E-state index in [-0.39, 0.29) is 0 Å². The number of pyridine rings is 1. The number of fused-ring (bicyclic) bond motifs is 1. The summed E-state index contributed by atoms with van der Waals surface area (Å²) in [6.45, 7) is 0. The lowest BCUT2D eigenvalue weighted by Gasteiger charge is -1.98. The first-order valence-electron chi connectivity index (χ1n) is 3.75. The molecule has 0 saturated carbocycles. The Hall–Kier alpha value is -1.15. The highest BCUT2D eigenvalue weighted by Gasteiger charge is 1.99. The minimum absolute atomic E-state index is 0.679. The average Bonchev–Trinajstić information content (AvgIpc) is 2.18. The third-order valence-electron chi connectivity index (χ3n) is 1.82. The van der Waals surface area contributed by atoms with Gasteiger partial charge in [0, 0.05) is 15.2 Å². The largest absolute Gasteiger partial charge is 0.256 e. The highest BCUT2D eigenvalue weighted by Crippen LogP contribution is 2.19. The average molecular weight is 280 g/mol. The van der Waals surface area contributed by atoms with Gasteiger partial charge in [-0.1, -0.05) is 0 Å². The Morgan fingerprint density at radius 3 is 2.92 bits per heavy atom. The van der Waals surface area contributed by atoms with Crippen LogP contribution in [0.1, 0.15) is 5.56 Å². The summed E-state index contributed by atoms with van der Waals surface area (Å²) in [4.78, 5) is 4.20. The molecule has 0 aliphatic rings. The maximum atomic E-state index is 8.72. The summed E-state index contributed by atoms with van der Waals surface area (Å²) in [5, 5.41) is 9.76. The molecule has 1 aromatic carbocycles. The zero-order chi connectivity index (χ0) is 9.26. The Morgan fingerprint density at radius 2 is 2.15 bits per heavy atom.